The van der Waals surface area contributed by atoms with Crippen LogP contribution in [0.1, 0.15) is 11.4 Å². The van der Waals surface area contributed by atoms with Gasteiger partial charge in [-0.25, -0.2) is 13.4 Å². The minimum atomic E-state index is -3.82. The quantitative estimate of drug-likeness (QED) is 0.796. The van der Waals surface area contributed by atoms with Crippen molar-refractivity contribution in [2.75, 3.05) is 6.61 Å². The molecule has 0 aliphatic rings. The van der Waals surface area contributed by atoms with Crippen molar-refractivity contribution in [2.24, 2.45) is 0 Å². The van der Waals surface area contributed by atoms with Gasteiger partial charge in [0.15, 0.2) is 0 Å². The van der Waals surface area contributed by atoms with Gasteiger partial charge in [0.05, 0.1) is 6.54 Å². The minimum Gasteiger partial charge on any atom is -0.490 e. The SMILES string of the molecule is Cc1ccc(OCCn2ccnc2C)c(S(=O)(=O)Cl)c1. The average Bonchev–Trinajstić information content (AvgIpc) is 2.76. The summed E-state index contributed by atoms with van der Waals surface area (Å²) in [6, 6.07) is 4.90. The molecule has 0 aliphatic carbocycles. The molecule has 1 aromatic heterocycles. The average molecular weight is 315 g/mol. The van der Waals surface area contributed by atoms with Crippen LogP contribution in [0.2, 0.25) is 0 Å². The van der Waals surface area contributed by atoms with Crippen LogP contribution in [0.5, 0.6) is 5.75 Å². The molecule has 0 saturated heterocycles. The molecular weight excluding hydrogens is 300 g/mol. The molecule has 0 aliphatic heterocycles. The number of halogens is 1. The van der Waals surface area contributed by atoms with E-state index in [-0.39, 0.29) is 10.6 Å². The first-order valence-corrected chi connectivity index (χ1v) is 8.35. The summed E-state index contributed by atoms with van der Waals surface area (Å²) in [5.41, 5.74) is 0.807. The number of imidazole rings is 1. The Labute approximate surface area is 122 Å². The van der Waals surface area contributed by atoms with Crippen LogP contribution in [-0.4, -0.2) is 24.6 Å². The number of aromatic nitrogens is 2. The Morgan fingerprint density at radius 2 is 2.10 bits per heavy atom. The normalized spacial score (nSPS) is 11.6. The molecule has 108 valence electrons. The van der Waals surface area contributed by atoms with E-state index in [0.717, 1.165) is 11.4 Å². The molecule has 0 radical (unpaired) electrons. The summed E-state index contributed by atoms with van der Waals surface area (Å²) in [5, 5.41) is 0. The van der Waals surface area contributed by atoms with Crippen molar-refractivity contribution in [1.82, 2.24) is 9.55 Å². The number of aryl methyl sites for hydroxylation is 2. The molecule has 20 heavy (non-hydrogen) atoms. The third-order valence-corrected chi connectivity index (χ3v) is 4.22. The van der Waals surface area contributed by atoms with Gasteiger partial charge in [-0.3, -0.25) is 0 Å². The van der Waals surface area contributed by atoms with Crippen molar-refractivity contribution in [3.8, 4) is 5.75 Å². The first-order chi connectivity index (χ1) is 9.38. The Kier molecular flexibility index (Phi) is 4.35. The fourth-order valence-electron chi connectivity index (χ4n) is 1.82. The van der Waals surface area contributed by atoms with Crippen LogP contribution in [0.4, 0.5) is 0 Å². The van der Waals surface area contributed by atoms with Crippen molar-refractivity contribution in [2.45, 2.75) is 25.3 Å². The lowest BCUT2D eigenvalue weighted by atomic mass is 10.2. The number of rotatable bonds is 5. The summed E-state index contributed by atoms with van der Waals surface area (Å²) in [6.07, 6.45) is 3.54. The van der Waals surface area contributed by atoms with Gasteiger partial charge in [-0.15, -0.1) is 0 Å². The molecule has 0 fully saturated rings. The molecule has 0 bridgehead atoms. The van der Waals surface area contributed by atoms with Gasteiger partial charge >= 0.3 is 0 Å². The molecule has 0 N–H and O–H groups in total. The minimum absolute atomic E-state index is 0.00141. The molecule has 0 spiro atoms. The van der Waals surface area contributed by atoms with Crippen LogP contribution in [0.25, 0.3) is 0 Å². The first kappa shape index (κ1) is 14.9. The maximum absolute atomic E-state index is 11.5. The first-order valence-electron chi connectivity index (χ1n) is 6.04. The van der Waals surface area contributed by atoms with Crippen molar-refractivity contribution in [3.63, 3.8) is 0 Å². The van der Waals surface area contributed by atoms with Crippen molar-refractivity contribution < 1.29 is 13.2 Å². The lowest BCUT2D eigenvalue weighted by molar-refractivity contribution is 0.290. The van der Waals surface area contributed by atoms with Gasteiger partial charge < -0.3 is 9.30 Å². The zero-order chi connectivity index (χ0) is 14.8. The molecule has 1 heterocycles. The summed E-state index contributed by atoms with van der Waals surface area (Å²) in [5.74, 6) is 1.14. The van der Waals surface area contributed by atoms with Crippen LogP contribution in [-0.2, 0) is 15.6 Å². The van der Waals surface area contributed by atoms with E-state index < -0.39 is 9.05 Å². The van der Waals surface area contributed by atoms with Gasteiger partial charge in [0.2, 0.25) is 0 Å². The summed E-state index contributed by atoms with van der Waals surface area (Å²) in [6.45, 7) is 4.60. The second kappa shape index (κ2) is 5.85. The lowest BCUT2D eigenvalue weighted by Gasteiger charge is -2.11. The van der Waals surface area contributed by atoms with E-state index in [9.17, 15) is 8.42 Å². The van der Waals surface area contributed by atoms with Gasteiger partial charge in [-0.1, -0.05) is 6.07 Å². The highest BCUT2D eigenvalue weighted by atomic mass is 35.7. The number of benzene rings is 1. The Hall–Kier alpha value is -1.53. The molecule has 1 aromatic carbocycles. The second-order valence-corrected chi connectivity index (χ2v) is 6.94. The highest BCUT2D eigenvalue weighted by Gasteiger charge is 2.17. The Bertz CT molecular complexity index is 710. The van der Waals surface area contributed by atoms with Crippen molar-refractivity contribution >= 4 is 19.7 Å². The Balaban J connectivity index is 2.12. The third-order valence-electron chi connectivity index (χ3n) is 2.88. The maximum atomic E-state index is 11.5. The molecule has 2 aromatic rings. The van der Waals surface area contributed by atoms with Gasteiger partial charge in [-0.2, -0.15) is 0 Å². The summed E-state index contributed by atoms with van der Waals surface area (Å²) >= 11 is 0. The van der Waals surface area contributed by atoms with E-state index in [0.29, 0.717) is 13.2 Å². The Morgan fingerprint density at radius 3 is 2.70 bits per heavy atom. The number of nitrogens with zero attached hydrogens (tertiary/aromatic N) is 2. The summed E-state index contributed by atoms with van der Waals surface area (Å²) in [4.78, 5) is 4.10. The lowest BCUT2D eigenvalue weighted by Crippen LogP contribution is -2.10. The zero-order valence-electron chi connectivity index (χ0n) is 11.2. The van der Waals surface area contributed by atoms with Crippen molar-refractivity contribution in [1.29, 1.82) is 0 Å². The molecule has 0 saturated carbocycles. The highest BCUT2D eigenvalue weighted by Crippen LogP contribution is 2.27. The molecule has 2 rings (SSSR count). The summed E-state index contributed by atoms with van der Waals surface area (Å²) < 4.78 is 30.5. The fourth-order valence-corrected chi connectivity index (χ4v) is 2.87. The molecule has 5 nitrogen and oxygen atoms in total. The van der Waals surface area contributed by atoms with E-state index in [2.05, 4.69) is 4.98 Å². The van der Waals surface area contributed by atoms with E-state index in [1.54, 1.807) is 25.3 Å². The molecular formula is C13H15ClN2O3S. The largest absolute Gasteiger partial charge is 0.490 e. The summed E-state index contributed by atoms with van der Waals surface area (Å²) in [7, 11) is 1.60. The van der Waals surface area contributed by atoms with Crippen LogP contribution in [0.15, 0.2) is 35.5 Å². The molecule has 7 heteroatoms. The van der Waals surface area contributed by atoms with Crippen LogP contribution in [0, 0.1) is 13.8 Å². The highest BCUT2D eigenvalue weighted by molar-refractivity contribution is 8.13. The van der Waals surface area contributed by atoms with Crippen molar-refractivity contribution in [3.05, 3.63) is 42.0 Å². The number of ether oxygens (including phenoxy) is 1. The Morgan fingerprint density at radius 1 is 1.35 bits per heavy atom. The predicted octanol–water partition coefficient (Wildman–Crippen LogP) is 2.51. The molecule has 0 amide bonds. The van der Waals surface area contributed by atoms with E-state index in [1.165, 1.54) is 6.07 Å². The van der Waals surface area contributed by atoms with Gasteiger partial charge in [0, 0.05) is 23.1 Å². The van der Waals surface area contributed by atoms with Gasteiger partial charge in [0.1, 0.15) is 23.1 Å². The van der Waals surface area contributed by atoms with E-state index in [1.807, 2.05) is 17.7 Å². The topological polar surface area (TPSA) is 61.2 Å². The smallest absolute Gasteiger partial charge is 0.264 e. The third kappa shape index (κ3) is 3.52. The van der Waals surface area contributed by atoms with Gasteiger partial charge in [-0.05, 0) is 31.5 Å². The monoisotopic (exact) mass is 314 g/mol. The number of hydrogen-bond donors (Lipinski definition) is 0. The zero-order valence-corrected chi connectivity index (χ0v) is 12.8. The van der Waals surface area contributed by atoms with Crippen LogP contribution in [0.3, 0.4) is 0 Å². The number of hydrogen-bond acceptors (Lipinski definition) is 4. The van der Waals surface area contributed by atoms with Crippen LogP contribution < -0.4 is 4.74 Å². The van der Waals surface area contributed by atoms with E-state index in [4.69, 9.17) is 15.4 Å². The predicted molar refractivity (Wildman–Crippen MR) is 76.7 cm³/mol. The van der Waals surface area contributed by atoms with Crippen LogP contribution >= 0.6 is 10.7 Å². The standard InChI is InChI=1S/C13H15ClN2O3S/c1-10-3-4-12(13(9-10)20(14,17)18)19-8-7-16-6-5-15-11(16)2/h3-6,9H,7-8H2,1-2H3. The van der Waals surface area contributed by atoms with E-state index >= 15 is 0 Å². The second-order valence-electron chi connectivity index (χ2n) is 4.40. The molecule has 0 atom stereocenters. The van der Waals surface area contributed by atoms with Gasteiger partial charge in [0.25, 0.3) is 9.05 Å². The molecule has 0 unspecified atom stereocenters. The maximum Gasteiger partial charge on any atom is 0.264 e. The fraction of sp³-hybridized carbons (Fsp3) is 0.308.